The Labute approximate surface area is 85.9 Å². The van der Waals surface area contributed by atoms with E-state index in [1.807, 2.05) is 0 Å². The molecule has 0 spiro atoms. The zero-order chi connectivity index (χ0) is 10.3. The highest BCUT2D eigenvalue weighted by molar-refractivity contribution is 8.16. The van der Waals surface area contributed by atoms with E-state index in [1.165, 1.54) is 0 Å². The van der Waals surface area contributed by atoms with Gasteiger partial charge in [0.05, 0.1) is 0 Å². The van der Waals surface area contributed by atoms with Crippen molar-refractivity contribution in [2.45, 2.75) is 29.8 Å². The molecule has 78 valence electrons. The van der Waals surface area contributed by atoms with Gasteiger partial charge in [0.15, 0.2) is 10.5 Å². The number of halogens is 2. The Balaban J connectivity index is 2.46. The molecular weight excluding hydrogens is 239 g/mol. The molecule has 4 nitrogen and oxygen atoms in total. The molecule has 13 heavy (non-hydrogen) atoms. The first-order chi connectivity index (χ1) is 5.77. The van der Waals surface area contributed by atoms with E-state index in [2.05, 4.69) is 0 Å². The maximum absolute atomic E-state index is 10.9. The molecule has 1 aliphatic rings. The average molecular weight is 249 g/mol. The third-order valence-electron chi connectivity index (χ3n) is 2.15. The molecule has 1 rings (SSSR count). The zero-order valence-electron chi connectivity index (χ0n) is 6.65. The molecule has 0 aromatic rings. The van der Waals surface area contributed by atoms with Gasteiger partial charge in [-0.05, 0) is 25.2 Å². The summed E-state index contributed by atoms with van der Waals surface area (Å²) in [6.07, 6.45) is -0.661. The molecule has 2 atom stereocenters. The van der Waals surface area contributed by atoms with Crippen LogP contribution in [0.15, 0.2) is 0 Å². The van der Waals surface area contributed by atoms with Crippen LogP contribution in [0.3, 0.4) is 0 Å². The van der Waals surface area contributed by atoms with Crippen LogP contribution in [-0.2, 0) is 9.05 Å². The quantitative estimate of drug-likeness (QED) is 0.434. The van der Waals surface area contributed by atoms with E-state index in [1.54, 1.807) is 0 Å². The lowest BCUT2D eigenvalue weighted by molar-refractivity contribution is -0.0471. The number of alkyl halides is 1. The van der Waals surface area contributed by atoms with Gasteiger partial charge in [-0.1, -0.05) is 0 Å². The molecule has 0 amide bonds. The first-order valence-corrected chi connectivity index (χ1v) is 6.45. The van der Waals surface area contributed by atoms with Crippen molar-refractivity contribution in [1.29, 1.82) is 0 Å². The summed E-state index contributed by atoms with van der Waals surface area (Å²) in [4.78, 5) is 0. The van der Waals surface area contributed by atoms with Crippen LogP contribution in [-0.4, -0.2) is 29.1 Å². The van der Waals surface area contributed by atoms with E-state index in [4.69, 9.17) is 32.5 Å². The van der Waals surface area contributed by atoms with Gasteiger partial charge in [-0.2, -0.15) is 0 Å². The first-order valence-electron chi connectivity index (χ1n) is 3.76. The molecule has 2 unspecified atom stereocenters. The molecule has 7 heteroatoms. The van der Waals surface area contributed by atoms with Crippen molar-refractivity contribution in [2.75, 3.05) is 0 Å². The molecule has 0 aromatic heterocycles. The van der Waals surface area contributed by atoms with Crippen LogP contribution in [0.25, 0.3) is 0 Å². The van der Waals surface area contributed by atoms with Crippen molar-refractivity contribution in [3.8, 4) is 0 Å². The highest BCUT2D eigenvalue weighted by Gasteiger charge is 2.61. The lowest BCUT2D eigenvalue weighted by atomic mass is 10.2. The average Bonchev–Trinajstić information content (AvgIpc) is 2.58. The Morgan fingerprint density at radius 3 is 2.38 bits per heavy atom. The van der Waals surface area contributed by atoms with Crippen LogP contribution < -0.4 is 0 Å². The van der Waals surface area contributed by atoms with Gasteiger partial charge in [0.25, 0.3) is 9.05 Å². The number of aliphatic hydroxyl groups excluding tert-OH is 1. The van der Waals surface area contributed by atoms with Crippen molar-refractivity contribution < 1.29 is 18.6 Å². The molecule has 1 fully saturated rings. The molecule has 1 aliphatic carbocycles. The Morgan fingerprint density at radius 2 is 2.08 bits per heavy atom. The molecule has 1 saturated carbocycles. The topological polar surface area (TPSA) is 74.6 Å². The van der Waals surface area contributed by atoms with Gasteiger partial charge >= 0.3 is 0 Å². The van der Waals surface area contributed by atoms with E-state index in [0.29, 0.717) is 6.42 Å². The predicted octanol–water partition coefficient (Wildman–Crippen LogP) is 0.601. The molecule has 2 N–H and O–H groups in total. The molecule has 0 aliphatic heterocycles. The lowest BCUT2D eigenvalue weighted by Crippen LogP contribution is -2.14. The first kappa shape index (κ1) is 11.5. The molecular formula is C6H10Cl2O4S. The number of rotatable bonds is 4. The smallest absolute Gasteiger partial charge is 0.252 e. The van der Waals surface area contributed by atoms with Crippen LogP contribution in [0, 0.1) is 5.92 Å². The van der Waals surface area contributed by atoms with E-state index >= 15 is 0 Å². The fraction of sp³-hybridized carbons (Fsp3) is 1.00. The monoisotopic (exact) mass is 248 g/mol. The van der Waals surface area contributed by atoms with E-state index in [0.717, 1.165) is 0 Å². The van der Waals surface area contributed by atoms with E-state index in [9.17, 15) is 8.42 Å². The summed E-state index contributed by atoms with van der Waals surface area (Å²) in [6, 6.07) is 0. The summed E-state index contributed by atoms with van der Waals surface area (Å²) in [7, 11) is 1.35. The summed E-state index contributed by atoms with van der Waals surface area (Å²) in [6.45, 7) is 0. The van der Waals surface area contributed by atoms with Crippen LogP contribution in [0.5, 0.6) is 0 Å². The highest BCUT2D eigenvalue weighted by atomic mass is 35.7. The largest absolute Gasteiger partial charge is 0.368 e. The van der Waals surface area contributed by atoms with Gasteiger partial charge in [-0.15, -0.1) is 11.6 Å². The van der Waals surface area contributed by atoms with Gasteiger partial charge in [0.1, 0.15) is 0 Å². The van der Waals surface area contributed by atoms with Crippen LogP contribution in [0.1, 0.15) is 19.3 Å². The Hall–Kier alpha value is 0.450. The summed E-state index contributed by atoms with van der Waals surface area (Å²) in [5, 5.41) is 17.1. The highest BCUT2D eigenvalue weighted by Crippen LogP contribution is 2.57. The lowest BCUT2D eigenvalue weighted by Gasteiger charge is -2.05. The van der Waals surface area contributed by atoms with Gasteiger partial charge in [-0.3, -0.25) is 0 Å². The second-order valence-electron chi connectivity index (χ2n) is 3.18. The third kappa shape index (κ3) is 2.47. The zero-order valence-corrected chi connectivity index (χ0v) is 8.98. The van der Waals surface area contributed by atoms with Crippen LogP contribution in [0.2, 0.25) is 0 Å². The Kier molecular flexibility index (Phi) is 3.14. The second kappa shape index (κ2) is 3.55. The summed E-state index contributed by atoms with van der Waals surface area (Å²) in [5.41, 5.74) is 0. The summed E-state index contributed by atoms with van der Waals surface area (Å²) in [5.74, 6) is -0.265. The number of aliphatic hydroxyl groups is 2. The van der Waals surface area contributed by atoms with Crippen LogP contribution in [0.4, 0.5) is 0 Å². The SMILES string of the molecule is O=S(=O)(Cl)C1(Cl)CC1CCC(O)O. The summed E-state index contributed by atoms with van der Waals surface area (Å²) >= 11 is 5.69. The van der Waals surface area contributed by atoms with Gasteiger partial charge in [0, 0.05) is 10.7 Å². The molecule has 0 aromatic carbocycles. The van der Waals surface area contributed by atoms with Crippen molar-refractivity contribution >= 4 is 31.3 Å². The number of hydrogen-bond donors (Lipinski definition) is 2. The molecule has 0 radical (unpaired) electrons. The second-order valence-corrected chi connectivity index (χ2v) is 6.90. The van der Waals surface area contributed by atoms with Crippen LogP contribution >= 0.6 is 22.3 Å². The predicted molar refractivity (Wildman–Crippen MR) is 48.9 cm³/mol. The number of hydrogen-bond acceptors (Lipinski definition) is 4. The fourth-order valence-corrected chi connectivity index (χ4v) is 3.02. The summed E-state index contributed by atoms with van der Waals surface area (Å²) < 4.78 is 20.4. The van der Waals surface area contributed by atoms with E-state index in [-0.39, 0.29) is 18.8 Å². The minimum Gasteiger partial charge on any atom is -0.368 e. The van der Waals surface area contributed by atoms with Gasteiger partial charge in [0.2, 0.25) is 0 Å². The Bertz CT molecular complexity index is 289. The third-order valence-corrected chi connectivity index (χ3v) is 5.60. The van der Waals surface area contributed by atoms with Crippen molar-refractivity contribution in [3.05, 3.63) is 0 Å². The van der Waals surface area contributed by atoms with E-state index < -0.39 is 19.5 Å². The van der Waals surface area contributed by atoms with Gasteiger partial charge in [-0.25, -0.2) is 8.42 Å². The van der Waals surface area contributed by atoms with Crippen molar-refractivity contribution in [1.82, 2.24) is 0 Å². The maximum atomic E-state index is 10.9. The molecule has 0 saturated heterocycles. The standard InChI is InChI=1S/C6H10Cl2O4S/c7-6(13(8,11)12)3-4(6)1-2-5(9)10/h4-5,9-10H,1-3H2. The minimum absolute atomic E-state index is 0.117. The fourth-order valence-electron chi connectivity index (χ4n) is 1.24. The van der Waals surface area contributed by atoms with Crippen molar-refractivity contribution in [2.24, 2.45) is 5.92 Å². The Morgan fingerprint density at radius 1 is 1.54 bits per heavy atom. The molecule has 0 bridgehead atoms. The minimum atomic E-state index is -3.75. The maximum Gasteiger partial charge on any atom is 0.252 e. The van der Waals surface area contributed by atoms with Crippen molar-refractivity contribution in [3.63, 3.8) is 0 Å². The normalized spacial score (nSPS) is 33.8. The van der Waals surface area contributed by atoms with Gasteiger partial charge < -0.3 is 10.2 Å². The molecule has 0 heterocycles.